The quantitative estimate of drug-likeness (QED) is 0.673. The summed E-state index contributed by atoms with van der Waals surface area (Å²) in [5.74, 6) is 5.79. The van der Waals surface area contributed by atoms with Gasteiger partial charge >= 0.3 is 5.97 Å². The molecule has 0 aliphatic carbocycles. The summed E-state index contributed by atoms with van der Waals surface area (Å²) in [5.41, 5.74) is 1.89. The fraction of sp³-hybridized carbons (Fsp3) is 0.200. The van der Waals surface area contributed by atoms with Crippen LogP contribution in [0.1, 0.15) is 26.3 Å². The van der Waals surface area contributed by atoms with Crippen LogP contribution >= 0.6 is 0 Å². The van der Waals surface area contributed by atoms with Gasteiger partial charge in [-0.15, -0.1) is 0 Å². The highest BCUT2D eigenvalue weighted by Crippen LogP contribution is 2.15. The third-order valence-electron chi connectivity index (χ3n) is 3.42. The molecule has 0 aliphatic heterocycles. The summed E-state index contributed by atoms with van der Waals surface area (Å²) in [6.45, 7) is 2.44. The van der Waals surface area contributed by atoms with Crippen molar-refractivity contribution in [3.63, 3.8) is 0 Å². The fourth-order valence-electron chi connectivity index (χ4n) is 2.05. The second-order valence-corrected chi connectivity index (χ2v) is 5.16. The van der Waals surface area contributed by atoms with Gasteiger partial charge in [-0.25, -0.2) is 4.79 Å². The Balaban J connectivity index is 1.77. The van der Waals surface area contributed by atoms with E-state index >= 15 is 0 Å². The molecule has 1 N–H and O–H groups in total. The number of rotatable bonds is 5. The summed E-state index contributed by atoms with van der Waals surface area (Å²) < 4.78 is 10.2. The number of methoxy groups -OCH3 is 1. The molecule has 0 spiro atoms. The average Bonchev–Trinajstić information content (AvgIpc) is 2.65. The maximum atomic E-state index is 12.0. The summed E-state index contributed by atoms with van der Waals surface area (Å²) in [6.07, 6.45) is 0. The molecule has 5 nitrogen and oxygen atoms in total. The second-order valence-electron chi connectivity index (χ2n) is 5.16. The Kier molecular flexibility index (Phi) is 6.61. The third-order valence-corrected chi connectivity index (χ3v) is 3.42. The number of carbonyl (C=O) groups excluding carboxylic acids is 2. The summed E-state index contributed by atoms with van der Waals surface area (Å²) in [6, 6.07) is 13.9. The number of hydrogen-bond acceptors (Lipinski definition) is 4. The lowest BCUT2D eigenvalue weighted by molar-refractivity contribution is 0.0600. The highest BCUT2D eigenvalue weighted by Gasteiger charge is 2.07. The van der Waals surface area contributed by atoms with E-state index in [1.165, 1.54) is 7.11 Å². The predicted octanol–water partition coefficient (Wildman–Crippen LogP) is 2.59. The van der Waals surface area contributed by atoms with Crippen molar-refractivity contribution in [3.8, 4) is 17.6 Å². The van der Waals surface area contributed by atoms with Crippen LogP contribution in [0.25, 0.3) is 0 Å². The third kappa shape index (κ3) is 5.40. The van der Waals surface area contributed by atoms with Crippen LogP contribution in [0, 0.1) is 18.8 Å². The van der Waals surface area contributed by atoms with Crippen molar-refractivity contribution < 1.29 is 19.1 Å². The molecular formula is C20H19NO4. The van der Waals surface area contributed by atoms with Crippen LogP contribution in [0.15, 0.2) is 48.5 Å². The SMILES string of the molecule is COC(=O)c1ccc(C(=O)NCC#CCOc2ccccc2C)cc1. The molecular weight excluding hydrogens is 318 g/mol. The number of amides is 1. The number of carbonyl (C=O) groups is 2. The van der Waals surface area contributed by atoms with E-state index in [9.17, 15) is 9.59 Å². The lowest BCUT2D eigenvalue weighted by Gasteiger charge is -2.04. The molecule has 0 saturated carbocycles. The summed E-state index contributed by atoms with van der Waals surface area (Å²) in [5, 5.41) is 2.69. The first-order valence-corrected chi connectivity index (χ1v) is 7.72. The van der Waals surface area contributed by atoms with E-state index < -0.39 is 5.97 Å². The minimum Gasteiger partial charge on any atom is -0.481 e. The zero-order valence-electron chi connectivity index (χ0n) is 14.2. The molecule has 128 valence electrons. The van der Waals surface area contributed by atoms with Crippen molar-refractivity contribution in [1.82, 2.24) is 5.32 Å². The average molecular weight is 337 g/mol. The van der Waals surface area contributed by atoms with Crippen LogP contribution in [-0.4, -0.2) is 32.1 Å². The highest BCUT2D eigenvalue weighted by atomic mass is 16.5. The van der Waals surface area contributed by atoms with E-state index in [0.29, 0.717) is 11.1 Å². The van der Waals surface area contributed by atoms with Crippen LogP contribution in [-0.2, 0) is 4.74 Å². The molecule has 2 aromatic carbocycles. The van der Waals surface area contributed by atoms with Crippen molar-refractivity contribution in [3.05, 3.63) is 65.2 Å². The van der Waals surface area contributed by atoms with Crippen LogP contribution in [0.3, 0.4) is 0 Å². The summed E-state index contributed by atoms with van der Waals surface area (Å²) >= 11 is 0. The first-order chi connectivity index (χ1) is 12.1. The van der Waals surface area contributed by atoms with Gasteiger partial charge in [-0.3, -0.25) is 4.79 Å². The maximum absolute atomic E-state index is 12.0. The van der Waals surface area contributed by atoms with Gasteiger partial charge in [0.25, 0.3) is 5.91 Å². The van der Waals surface area contributed by atoms with Gasteiger partial charge in [0, 0.05) is 5.56 Å². The first-order valence-electron chi connectivity index (χ1n) is 7.72. The molecule has 2 rings (SSSR count). The second kappa shape index (κ2) is 9.14. The molecule has 0 aliphatic rings. The van der Waals surface area contributed by atoms with Crippen LogP contribution in [0.2, 0.25) is 0 Å². The number of hydrogen-bond donors (Lipinski definition) is 1. The van der Waals surface area contributed by atoms with Crippen molar-refractivity contribution in [2.45, 2.75) is 6.92 Å². The van der Waals surface area contributed by atoms with Crippen molar-refractivity contribution in [2.75, 3.05) is 20.3 Å². The van der Waals surface area contributed by atoms with Gasteiger partial charge in [0.05, 0.1) is 19.2 Å². The Hall–Kier alpha value is -3.26. The molecule has 0 fully saturated rings. The molecule has 0 heterocycles. The van der Waals surface area contributed by atoms with E-state index in [1.807, 2.05) is 31.2 Å². The smallest absolute Gasteiger partial charge is 0.337 e. The lowest BCUT2D eigenvalue weighted by atomic mass is 10.1. The van der Waals surface area contributed by atoms with Gasteiger partial charge in [-0.2, -0.15) is 0 Å². The Bertz CT molecular complexity index is 800. The van der Waals surface area contributed by atoms with E-state index in [0.717, 1.165) is 11.3 Å². The maximum Gasteiger partial charge on any atom is 0.337 e. The normalized spacial score (nSPS) is 9.52. The molecule has 25 heavy (non-hydrogen) atoms. The van der Waals surface area contributed by atoms with Gasteiger partial charge in [-0.05, 0) is 42.8 Å². The number of ether oxygens (including phenoxy) is 2. The van der Waals surface area contributed by atoms with Crippen molar-refractivity contribution >= 4 is 11.9 Å². The summed E-state index contributed by atoms with van der Waals surface area (Å²) in [7, 11) is 1.31. The molecule has 0 bridgehead atoms. The molecule has 0 saturated heterocycles. The number of benzene rings is 2. The molecule has 1 amide bonds. The Labute approximate surface area is 147 Å². The van der Waals surface area contributed by atoms with Gasteiger partial charge < -0.3 is 14.8 Å². The molecule has 5 heteroatoms. The van der Waals surface area contributed by atoms with E-state index in [-0.39, 0.29) is 19.1 Å². The topological polar surface area (TPSA) is 64.6 Å². The van der Waals surface area contributed by atoms with Gasteiger partial charge in [0.1, 0.15) is 12.4 Å². The first kappa shape index (κ1) is 18.1. The number of nitrogens with one attached hydrogen (secondary N) is 1. The van der Waals surface area contributed by atoms with E-state index in [4.69, 9.17) is 4.74 Å². The largest absolute Gasteiger partial charge is 0.481 e. The highest BCUT2D eigenvalue weighted by molar-refractivity contribution is 5.96. The molecule has 2 aromatic rings. The molecule has 0 unspecified atom stereocenters. The van der Waals surface area contributed by atoms with Crippen LogP contribution in [0.4, 0.5) is 0 Å². The minimum atomic E-state index is -0.438. The van der Waals surface area contributed by atoms with E-state index in [2.05, 4.69) is 21.9 Å². The van der Waals surface area contributed by atoms with Gasteiger partial charge in [0.2, 0.25) is 0 Å². The zero-order valence-corrected chi connectivity index (χ0v) is 14.2. The van der Waals surface area contributed by atoms with Gasteiger partial charge in [-0.1, -0.05) is 30.0 Å². The van der Waals surface area contributed by atoms with Crippen LogP contribution in [0.5, 0.6) is 5.75 Å². The van der Waals surface area contributed by atoms with Gasteiger partial charge in [0.15, 0.2) is 0 Å². The Morgan fingerprint density at radius 2 is 1.68 bits per heavy atom. The summed E-state index contributed by atoms with van der Waals surface area (Å²) in [4.78, 5) is 23.3. The Morgan fingerprint density at radius 1 is 1.00 bits per heavy atom. The number of aryl methyl sites for hydroxylation is 1. The lowest BCUT2D eigenvalue weighted by Crippen LogP contribution is -2.23. The van der Waals surface area contributed by atoms with Crippen molar-refractivity contribution in [2.24, 2.45) is 0 Å². The van der Waals surface area contributed by atoms with E-state index in [1.54, 1.807) is 24.3 Å². The number of para-hydroxylation sites is 1. The molecule has 0 aromatic heterocycles. The zero-order chi connectivity index (χ0) is 18.1. The molecule has 0 radical (unpaired) electrons. The fourth-order valence-corrected chi connectivity index (χ4v) is 2.05. The predicted molar refractivity (Wildman–Crippen MR) is 94.6 cm³/mol. The Morgan fingerprint density at radius 3 is 2.36 bits per heavy atom. The standard InChI is InChI=1S/C20H19NO4/c1-15-7-3-4-8-18(15)25-14-6-5-13-21-19(22)16-9-11-17(12-10-16)20(23)24-2/h3-4,7-12H,13-14H2,1-2H3,(H,21,22). The van der Waals surface area contributed by atoms with Crippen LogP contribution < -0.4 is 10.1 Å². The monoisotopic (exact) mass is 337 g/mol. The molecule has 0 atom stereocenters. The van der Waals surface area contributed by atoms with Crippen molar-refractivity contribution in [1.29, 1.82) is 0 Å². The number of esters is 1. The minimum absolute atomic E-state index is 0.217.